The van der Waals surface area contributed by atoms with Crippen LogP contribution in [0, 0.1) is 0 Å². The number of carbonyl (C=O) groups excluding carboxylic acids is 1. The number of piperazine rings is 1. The van der Waals surface area contributed by atoms with Gasteiger partial charge in [0, 0.05) is 49.7 Å². The lowest BCUT2D eigenvalue weighted by molar-refractivity contribution is 0.0746. The molecule has 0 N–H and O–H groups in total. The summed E-state index contributed by atoms with van der Waals surface area (Å²) in [6, 6.07) is 11.0. The average molecular weight is 435 g/mol. The largest absolute Gasteiger partial charge is 0.493 e. The lowest BCUT2D eigenvalue weighted by atomic mass is 10.1. The molecule has 1 saturated heterocycles. The van der Waals surface area contributed by atoms with Crippen LogP contribution in [0.15, 0.2) is 48.8 Å². The molecule has 166 valence electrons. The Balaban J connectivity index is 1.45. The number of ether oxygens (including phenoxy) is 3. The molecule has 1 amide bonds. The second kappa shape index (κ2) is 9.51. The van der Waals surface area contributed by atoms with Crippen LogP contribution >= 0.6 is 0 Å². The maximum absolute atomic E-state index is 12.6. The maximum atomic E-state index is 12.6. The molecule has 0 saturated carbocycles. The topological polar surface area (TPSA) is 89.9 Å². The third kappa shape index (κ3) is 4.27. The van der Waals surface area contributed by atoms with Gasteiger partial charge >= 0.3 is 0 Å². The normalized spacial score (nSPS) is 13.6. The van der Waals surface area contributed by atoms with Gasteiger partial charge in [0.1, 0.15) is 0 Å². The van der Waals surface area contributed by atoms with E-state index >= 15 is 0 Å². The van der Waals surface area contributed by atoms with E-state index in [1.165, 1.54) is 0 Å². The summed E-state index contributed by atoms with van der Waals surface area (Å²) in [4.78, 5) is 20.6. The number of hydrogen-bond donors (Lipinski definition) is 0. The molecule has 9 nitrogen and oxygen atoms in total. The summed E-state index contributed by atoms with van der Waals surface area (Å²) in [5.41, 5.74) is 2.16. The minimum absolute atomic E-state index is 0.0240. The van der Waals surface area contributed by atoms with Gasteiger partial charge < -0.3 is 24.0 Å². The fourth-order valence-corrected chi connectivity index (χ4v) is 3.69. The number of nitrogens with zero attached hydrogens (tertiary/aromatic N) is 5. The second-order valence-corrected chi connectivity index (χ2v) is 7.21. The molecule has 32 heavy (non-hydrogen) atoms. The number of amides is 1. The Hall–Kier alpha value is -3.88. The summed E-state index contributed by atoms with van der Waals surface area (Å²) in [6.45, 7) is 2.62. The molecule has 1 aromatic carbocycles. The predicted octanol–water partition coefficient (Wildman–Crippen LogP) is 2.53. The fraction of sp³-hybridized carbons (Fsp3) is 0.304. The van der Waals surface area contributed by atoms with Crippen LogP contribution in [-0.2, 0) is 0 Å². The first-order valence-corrected chi connectivity index (χ1v) is 10.2. The van der Waals surface area contributed by atoms with Gasteiger partial charge in [-0.1, -0.05) is 0 Å². The van der Waals surface area contributed by atoms with Crippen LogP contribution in [-0.4, -0.2) is 73.5 Å². The van der Waals surface area contributed by atoms with Gasteiger partial charge in [0.05, 0.1) is 27.0 Å². The highest BCUT2D eigenvalue weighted by Crippen LogP contribution is 2.40. The van der Waals surface area contributed by atoms with E-state index in [0.717, 1.165) is 11.4 Å². The number of methoxy groups -OCH3 is 3. The number of hydrogen-bond acceptors (Lipinski definition) is 8. The Morgan fingerprint density at radius 1 is 0.844 bits per heavy atom. The zero-order valence-electron chi connectivity index (χ0n) is 18.3. The lowest BCUT2D eigenvalue weighted by Gasteiger charge is -2.35. The second-order valence-electron chi connectivity index (χ2n) is 7.21. The van der Waals surface area contributed by atoms with Crippen LogP contribution in [0.3, 0.4) is 0 Å². The van der Waals surface area contributed by atoms with Crippen LogP contribution in [0.2, 0.25) is 0 Å². The maximum Gasteiger partial charge on any atom is 0.254 e. The quantitative estimate of drug-likeness (QED) is 0.584. The van der Waals surface area contributed by atoms with Crippen LogP contribution in [0.4, 0.5) is 5.82 Å². The lowest BCUT2D eigenvalue weighted by Crippen LogP contribution is -2.49. The molecule has 1 aliphatic heterocycles. The summed E-state index contributed by atoms with van der Waals surface area (Å²) >= 11 is 0. The number of rotatable bonds is 6. The molecule has 4 rings (SSSR count). The van der Waals surface area contributed by atoms with Crippen LogP contribution in [0.1, 0.15) is 10.4 Å². The Morgan fingerprint density at radius 2 is 1.50 bits per heavy atom. The third-order valence-corrected chi connectivity index (χ3v) is 5.43. The number of carbonyl (C=O) groups is 1. The van der Waals surface area contributed by atoms with E-state index in [1.807, 2.05) is 29.2 Å². The Morgan fingerprint density at radius 3 is 2.03 bits per heavy atom. The van der Waals surface area contributed by atoms with Crippen molar-refractivity contribution in [3.05, 3.63) is 54.4 Å². The Kier molecular flexibility index (Phi) is 6.34. The van der Waals surface area contributed by atoms with E-state index in [9.17, 15) is 4.79 Å². The van der Waals surface area contributed by atoms with Gasteiger partial charge in [0.2, 0.25) is 5.75 Å². The summed E-state index contributed by atoms with van der Waals surface area (Å²) in [7, 11) is 4.73. The van der Waals surface area contributed by atoms with Crippen LogP contribution in [0.25, 0.3) is 11.3 Å². The molecule has 2 aromatic heterocycles. The molecule has 3 heterocycles. The molecular weight excluding hydrogens is 410 g/mol. The van der Waals surface area contributed by atoms with Crippen molar-refractivity contribution in [2.24, 2.45) is 0 Å². The molecule has 9 heteroatoms. The van der Waals surface area contributed by atoms with E-state index in [-0.39, 0.29) is 5.91 Å². The van der Waals surface area contributed by atoms with E-state index in [1.54, 1.807) is 45.9 Å². The van der Waals surface area contributed by atoms with Gasteiger partial charge in [-0.15, -0.1) is 10.2 Å². The SMILES string of the molecule is COc1cc(-c2ccc(N3CCN(C(=O)c4ccncc4)CC3)nn2)cc(OC)c1OC. The molecule has 0 bridgehead atoms. The molecule has 0 aliphatic carbocycles. The van der Waals surface area contributed by atoms with Gasteiger partial charge in [-0.25, -0.2) is 0 Å². The Labute approximate surface area is 186 Å². The van der Waals surface area contributed by atoms with Crippen molar-refractivity contribution >= 4 is 11.7 Å². The molecule has 1 aliphatic rings. The summed E-state index contributed by atoms with van der Waals surface area (Å²) in [5.74, 6) is 2.45. The van der Waals surface area contributed by atoms with E-state index in [2.05, 4.69) is 20.1 Å². The summed E-state index contributed by atoms with van der Waals surface area (Å²) in [5, 5.41) is 8.81. The standard InChI is InChI=1S/C23H25N5O4/c1-30-19-14-17(15-20(31-2)22(19)32-3)18-4-5-21(26-25-18)27-10-12-28(13-11-27)23(29)16-6-8-24-9-7-16/h4-9,14-15H,10-13H2,1-3H3. The number of anilines is 1. The van der Waals surface area contributed by atoms with E-state index < -0.39 is 0 Å². The minimum atomic E-state index is 0.0240. The van der Waals surface area contributed by atoms with Gasteiger partial charge in [0.15, 0.2) is 17.3 Å². The minimum Gasteiger partial charge on any atom is -0.493 e. The third-order valence-electron chi connectivity index (χ3n) is 5.43. The first-order valence-electron chi connectivity index (χ1n) is 10.2. The van der Waals surface area contributed by atoms with Gasteiger partial charge in [0.25, 0.3) is 5.91 Å². The fourth-order valence-electron chi connectivity index (χ4n) is 3.69. The molecular formula is C23H25N5O4. The highest BCUT2D eigenvalue weighted by Gasteiger charge is 2.23. The highest BCUT2D eigenvalue weighted by atomic mass is 16.5. The van der Waals surface area contributed by atoms with Crippen molar-refractivity contribution < 1.29 is 19.0 Å². The molecule has 1 fully saturated rings. The predicted molar refractivity (Wildman–Crippen MR) is 119 cm³/mol. The van der Waals surface area contributed by atoms with Crippen LogP contribution < -0.4 is 19.1 Å². The average Bonchev–Trinajstić information content (AvgIpc) is 2.88. The molecule has 3 aromatic rings. The number of pyridine rings is 1. The zero-order chi connectivity index (χ0) is 22.5. The van der Waals surface area contributed by atoms with E-state index in [4.69, 9.17) is 14.2 Å². The molecule has 0 radical (unpaired) electrons. The van der Waals surface area contributed by atoms with Crippen molar-refractivity contribution in [3.63, 3.8) is 0 Å². The first kappa shape index (κ1) is 21.4. The van der Waals surface area contributed by atoms with Crippen molar-refractivity contribution in [2.75, 3.05) is 52.4 Å². The van der Waals surface area contributed by atoms with Crippen molar-refractivity contribution in [3.8, 4) is 28.5 Å². The molecule has 0 atom stereocenters. The summed E-state index contributed by atoms with van der Waals surface area (Å²) in [6.07, 6.45) is 3.27. The van der Waals surface area contributed by atoms with Gasteiger partial charge in [-0.2, -0.15) is 0 Å². The molecule has 0 unspecified atom stereocenters. The van der Waals surface area contributed by atoms with Crippen molar-refractivity contribution in [2.45, 2.75) is 0 Å². The number of benzene rings is 1. The smallest absolute Gasteiger partial charge is 0.254 e. The van der Waals surface area contributed by atoms with Gasteiger partial charge in [-0.3, -0.25) is 9.78 Å². The van der Waals surface area contributed by atoms with Crippen LogP contribution in [0.5, 0.6) is 17.2 Å². The van der Waals surface area contributed by atoms with Crippen molar-refractivity contribution in [1.29, 1.82) is 0 Å². The highest BCUT2D eigenvalue weighted by molar-refractivity contribution is 5.94. The number of aromatic nitrogens is 3. The monoisotopic (exact) mass is 435 g/mol. The Bertz CT molecular complexity index is 1040. The first-order chi connectivity index (χ1) is 15.6. The van der Waals surface area contributed by atoms with E-state index in [0.29, 0.717) is 54.7 Å². The zero-order valence-corrected chi connectivity index (χ0v) is 18.3. The van der Waals surface area contributed by atoms with Crippen molar-refractivity contribution in [1.82, 2.24) is 20.1 Å². The van der Waals surface area contributed by atoms with Gasteiger partial charge in [-0.05, 0) is 36.4 Å². The molecule has 0 spiro atoms. The summed E-state index contributed by atoms with van der Waals surface area (Å²) < 4.78 is 16.2.